The monoisotopic (exact) mass is 289 g/mol. The van der Waals surface area contributed by atoms with E-state index in [1.165, 1.54) is 0 Å². The van der Waals surface area contributed by atoms with Gasteiger partial charge in [0.05, 0.1) is 13.0 Å². The van der Waals surface area contributed by atoms with E-state index in [2.05, 4.69) is 0 Å². The lowest BCUT2D eigenvalue weighted by molar-refractivity contribution is -0.136. The Bertz CT molecular complexity index is 510. The fraction of sp³-hybridized carbons (Fsp3) is 0.500. The predicted molar refractivity (Wildman–Crippen MR) is 81.2 cm³/mol. The van der Waals surface area contributed by atoms with Gasteiger partial charge in [-0.15, -0.1) is 0 Å². The lowest BCUT2D eigenvalue weighted by atomic mass is 10.0. The highest BCUT2D eigenvalue weighted by molar-refractivity contribution is 5.85. The van der Waals surface area contributed by atoms with Crippen LogP contribution in [0, 0.1) is 0 Å². The third-order valence-corrected chi connectivity index (χ3v) is 4.09. The number of carbonyl (C=O) groups excluding carboxylic acids is 2. The van der Waals surface area contributed by atoms with Crippen LogP contribution in [0.5, 0.6) is 0 Å². The first-order valence-electron chi connectivity index (χ1n) is 7.46. The molecule has 1 aromatic rings. The van der Waals surface area contributed by atoms with Crippen LogP contribution in [0.1, 0.15) is 36.8 Å². The summed E-state index contributed by atoms with van der Waals surface area (Å²) in [6, 6.07) is 7.80. The summed E-state index contributed by atoms with van der Waals surface area (Å²) >= 11 is 0. The van der Waals surface area contributed by atoms with Crippen molar-refractivity contribution in [3.63, 3.8) is 0 Å². The molecule has 5 heteroatoms. The Hall–Kier alpha value is -1.88. The molecule has 0 bridgehead atoms. The van der Waals surface area contributed by atoms with E-state index in [4.69, 9.17) is 11.5 Å². The number of hydrogen-bond donors (Lipinski definition) is 2. The first-order chi connectivity index (χ1) is 10.1. The maximum Gasteiger partial charge on any atom is 0.237 e. The molecule has 0 atom stereocenters. The molecule has 1 fully saturated rings. The summed E-state index contributed by atoms with van der Waals surface area (Å²) in [6.45, 7) is 0.414. The minimum absolute atomic E-state index is 0.00823. The summed E-state index contributed by atoms with van der Waals surface area (Å²) in [5.74, 6) is -0.496. The second-order valence-corrected chi connectivity index (χ2v) is 5.58. The normalized spacial score (nSPS) is 15.1. The van der Waals surface area contributed by atoms with Crippen LogP contribution in [-0.4, -0.2) is 29.3 Å². The van der Waals surface area contributed by atoms with Crippen molar-refractivity contribution in [1.82, 2.24) is 4.90 Å². The molecular formula is C16H23N3O2. The molecule has 2 amide bonds. The standard InChI is InChI=1S/C16H23N3O2/c17-10-13-6-2-1-5-12(13)9-16(21)19(11-15(18)20)14-7-3-4-8-14/h1-2,5-6,14H,3-4,7-11,17H2,(H2,18,20). The summed E-state index contributed by atoms with van der Waals surface area (Å²) in [7, 11) is 0. The first kappa shape index (κ1) is 15.5. The van der Waals surface area contributed by atoms with E-state index >= 15 is 0 Å². The molecule has 1 saturated carbocycles. The molecule has 1 aliphatic carbocycles. The Morgan fingerprint density at radius 1 is 1.14 bits per heavy atom. The Kier molecular flexibility index (Phi) is 5.33. The largest absolute Gasteiger partial charge is 0.368 e. The molecule has 0 aliphatic heterocycles. The van der Waals surface area contributed by atoms with Gasteiger partial charge >= 0.3 is 0 Å². The molecule has 0 spiro atoms. The highest BCUT2D eigenvalue weighted by atomic mass is 16.2. The number of benzene rings is 1. The van der Waals surface area contributed by atoms with Crippen molar-refractivity contribution in [1.29, 1.82) is 0 Å². The van der Waals surface area contributed by atoms with E-state index in [0.29, 0.717) is 6.54 Å². The van der Waals surface area contributed by atoms with Gasteiger partial charge in [-0.05, 0) is 24.0 Å². The maximum atomic E-state index is 12.6. The van der Waals surface area contributed by atoms with Gasteiger partial charge < -0.3 is 16.4 Å². The SMILES string of the molecule is NCc1ccccc1CC(=O)N(CC(N)=O)C1CCCC1. The van der Waals surface area contributed by atoms with Crippen LogP contribution in [0.2, 0.25) is 0 Å². The molecule has 0 aromatic heterocycles. The van der Waals surface area contributed by atoms with Gasteiger partial charge in [-0.1, -0.05) is 37.1 Å². The molecule has 0 heterocycles. The number of rotatable bonds is 6. The molecular weight excluding hydrogens is 266 g/mol. The average Bonchev–Trinajstić information content (AvgIpc) is 2.99. The van der Waals surface area contributed by atoms with Crippen LogP contribution >= 0.6 is 0 Å². The van der Waals surface area contributed by atoms with Crippen molar-refractivity contribution < 1.29 is 9.59 Å². The second kappa shape index (κ2) is 7.22. The van der Waals surface area contributed by atoms with Crippen LogP contribution < -0.4 is 11.5 Å². The fourth-order valence-corrected chi connectivity index (χ4v) is 3.00. The molecule has 1 aliphatic rings. The van der Waals surface area contributed by atoms with E-state index in [9.17, 15) is 9.59 Å². The highest BCUT2D eigenvalue weighted by Gasteiger charge is 2.27. The number of carbonyl (C=O) groups is 2. The predicted octanol–water partition coefficient (Wildman–Crippen LogP) is 0.944. The maximum absolute atomic E-state index is 12.6. The lowest BCUT2D eigenvalue weighted by Gasteiger charge is -2.28. The van der Waals surface area contributed by atoms with Crippen LogP contribution in [-0.2, 0) is 22.6 Å². The zero-order valence-electron chi connectivity index (χ0n) is 12.3. The molecule has 0 radical (unpaired) electrons. The molecule has 0 unspecified atom stereocenters. The summed E-state index contributed by atoms with van der Waals surface area (Å²) in [5.41, 5.74) is 12.9. The van der Waals surface area contributed by atoms with Crippen LogP contribution in [0.25, 0.3) is 0 Å². The van der Waals surface area contributed by atoms with Crippen molar-refractivity contribution in [2.24, 2.45) is 11.5 Å². The molecule has 0 saturated heterocycles. The first-order valence-corrected chi connectivity index (χ1v) is 7.46. The summed E-state index contributed by atoms with van der Waals surface area (Å²) < 4.78 is 0. The zero-order valence-corrected chi connectivity index (χ0v) is 12.3. The molecule has 4 N–H and O–H groups in total. The minimum Gasteiger partial charge on any atom is -0.368 e. The van der Waals surface area contributed by atoms with Gasteiger partial charge in [-0.3, -0.25) is 9.59 Å². The van der Waals surface area contributed by atoms with E-state index in [0.717, 1.165) is 36.8 Å². The number of primary amides is 1. The van der Waals surface area contributed by atoms with Crippen LogP contribution in [0.3, 0.4) is 0 Å². The van der Waals surface area contributed by atoms with Gasteiger partial charge in [0.25, 0.3) is 0 Å². The Morgan fingerprint density at radius 3 is 2.33 bits per heavy atom. The Labute approximate surface area is 125 Å². The van der Waals surface area contributed by atoms with Gasteiger partial charge in [0, 0.05) is 12.6 Å². The van der Waals surface area contributed by atoms with Crippen molar-refractivity contribution in [2.45, 2.75) is 44.7 Å². The van der Waals surface area contributed by atoms with Crippen molar-refractivity contribution >= 4 is 11.8 Å². The number of nitrogens with two attached hydrogens (primary N) is 2. The number of nitrogens with zero attached hydrogens (tertiary/aromatic N) is 1. The van der Waals surface area contributed by atoms with Gasteiger partial charge in [0.2, 0.25) is 11.8 Å². The van der Waals surface area contributed by atoms with Gasteiger partial charge in [-0.2, -0.15) is 0 Å². The van der Waals surface area contributed by atoms with Crippen molar-refractivity contribution in [3.05, 3.63) is 35.4 Å². The summed E-state index contributed by atoms with van der Waals surface area (Å²) in [4.78, 5) is 25.5. The van der Waals surface area contributed by atoms with Gasteiger partial charge in [0.15, 0.2) is 0 Å². The molecule has 2 rings (SSSR count). The van der Waals surface area contributed by atoms with Crippen molar-refractivity contribution in [2.75, 3.05) is 6.54 Å². The third kappa shape index (κ3) is 4.04. The molecule has 5 nitrogen and oxygen atoms in total. The fourth-order valence-electron chi connectivity index (χ4n) is 3.00. The summed E-state index contributed by atoms with van der Waals surface area (Å²) in [5, 5.41) is 0. The Morgan fingerprint density at radius 2 is 1.76 bits per heavy atom. The second-order valence-electron chi connectivity index (χ2n) is 5.58. The summed E-state index contributed by atoms with van der Waals surface area (Å²) in [6.07, 6.45) is 4.39. The smallest absolute Gasteiger partial charge is 0.237 e. The van der Waals surface area contributed by atoms with E-state index in [1.54, 1.807) is 4.90 Å². The molecule has 114 valence electrons. The van der Waals surface area contributed by atoms with Crippen LogP contribution in [0.15, 0.2) is 24.3 Å². The Balaban J connectivity index is 2.12. The zero-order chi connectivity index (χ0) is 15.2. The van der Waals surface area contributed by atoms with E-state index in [-0.39, 0.29) is 24.9 Å². The number of amides is 2. The molecule has 1 aromatic carbocycles. The van der Waals surface area contributed by atoms with Gasteiger partial charge in [-0.25, -0.2) is 0 Å². The van der Waals surface area contributed by atoms with E-state index in [1.807, 2.05) is 24.3 Å². The lowest BCUT2D eigenvalue weighted by Crippen LogP contribution is -2.44. The van der Waals surface area contributed by atoms with Crippen LogP contribution in [0.4, 0.5) is 0 Å². The topological polar surface area (TPSA) is 89.4 Å². The average molecular weight is 289 g/mol. The number of hydrogen-bond acceptors (Lipinski definition) is 3. The van der Waals surface area contributed by atoms with Crippen molar-refractivity contribution in [3.8, 4) is 0 Å². The quantitative estimate of drug-likeness (QED) is 0.817. The molecule has 21 heavy (non-hydrogen) atoms. The van der Waals surface area contributed by atoms with Gasteiger partial charge in [0.1, 0.15) is 0 Å². The third-order valence-electron chi connectivity index (χ3n) is 4.09. The highest BCUT2D eigenvalue weighted by Crippen LogP contribution is 2.24. The van der Waals surface area contributed by atoms with E-state index < -0.39 is 5.91 Å². The minimum atomic E-state index is -0.456.